The molecule has 0 aromatic heterocycles. The molecule has 0 amide bonds. The predicted molar refractivity (Wildman–Crippen MR) is 63.3 cm³/mol. The Bertz CT molecular complexity index is 480. The van der Waals surface area contributed by atoms with Gasteiger partial charge < -0.3 is 4.74 Å². The van der Waals surface area contributed by atoms with Gasteiger partial charge >= 0.3 is 0 Å². The topological polar surface area (TPSA) is 55.4 Å². The fraction of sp³-hybridized carbons (Fsp3) is 0.455. The first-order valence-electron chi connectivity index (χ1n) is 5.08. The van der Waals surface area contributed by atoms with E-state index in [0.29, 0.717) is 17.2 Å². The number of rotatable bonds is 4. The van der Waals surface area contributed by atoms with Crippen LogP contribution in [0.4, 0.5) is 0 Å². The van der Waals surface area contributed by atoms with Gasteiger partial charge in [0.25, 0.3) is 0 Å². The van der Waals surface area contributed by atoms with Gasteiger partial charge in [0.05, 0.1) is 12.0 Å². The first kappa shape index (κ1) is 13.0. The van der Waals surface area contributed by atoms with Crippen molar-refractivity contribution < 1.29 is 13.2 Å². The Morgan fingerprint density at radius 1 is 1.25 bits per heavy atom. The average Bonchev–Trinajstić information content (AvgIpc) is 2.21. The Labute approximate surface area is 96.7 Å². The van der Waals surface area contributed by atoms with E-state index in [0.717, 1.165) is 11.1 Å². The molecule has 90 valence electrons. The van der Waals surface area contributed by atoms with Crippen molar-refractivity contribution in [2.24, 2.45) is 0 Å². The maximum absolute atomic E-state index is 11.9. The molecule has 0 spiro atoms. The minimum atomic E-state index is -3.39. The molecule has 1 aromatic rings. The van der Waals surface area contributed by atoms with Crippen molar-refractivity contribution in [2.45, 2.75) is 25.7 Å². The van der Waals surface area contributed by atoms with Gasteiger partial charge in [-0.3, -0.25) is 0 Å². The third-order valence-electron chi connectivity index (χ3n) is 2.53. The van der Waals surface area contributed by atoms with Gasteiger partial charge in [0, 0.05) is 6.54 Å². The van der Waals surface area contributed by atoms with Crippen LogP contribution in [-0.2, 0) is 10.0 Å². The number of sulfonamides is 1. The fourth-order valence-corrected chi connectivity index (χ4v) is 2.89. The van der Waals surface area contributed by atoms with Gasteiger partial charge in [0.1, 0.15) is 5.75 Å². The normalized spacial score (nSPS) is 11.5. The second kappa shape index (κ2) is 4.84. The second-order valence-electron chi connectivity index (χ2n) is 3.52. The summed E-state index contributed by atoms with van der Waals surface area (Å²) in [5.41, 5.74) is 1.57. The van der Waals surface area contributed by atoms with Crippen molar-refractivity contribution in [1.29, 1.82) is 0 Å². The Hall–Kier alpha value is -1.07. The first-order valence-corrected chi connectivity index (χ1v) is 6.56. The monoisotopic (exact) mass is 243 g/mol. The van der Waals surface area contributed by atoms with E-state index in [1.807, 2.05) is 6.92 Å². The van der Waals surface area contributed by atoms with E-state index in [9.17, 15) is 8.42 Å². The molecular formula is C11H17NO3S. The van der Waals surface area contributed by atoms with Crippen LogP contribution in [0.3, 0.4) is 0 Å². The lowest BCUT2D eigenvalue weighted by molar-refractivity contribution is 0.410. The molecule has 16 heavy (non-hydrogen) atoms. The van der Waals surface area contributed by atoms with Crippen LogP contribution in [-0.4, -0.2) is 22.1 Å². The van der Waals surface area contributed by atoms with E-state index >= 15 is 0 Å². The summed E-state index contributed by atoms with van der Waals surface area (Å²) in [6.07, 6.45) is 0. The first-order chi connectivity index (χ1) is 7.44. The van der Waals surface area contributed by atoms with Crippen molar-refractivity contribution in [3.63, 3.8) is 0 Å². The Kier molecular flexibility index (Phi) is 3.93. The number of ether oxygens (including phenoxy) is 1. The van der Waals surface area contributed by atoms with Crippen molar-refractivity contribution >= 4 is 10.0 Å². The summed E-state index contributed by atoms with van der Waals surface area (Å²) >= 11 is 0. The third-order valence-corrected chi connectivity index (χ3v) is 4.22. The lowest BCUT2D eigenvalue weighted by Crippen LogP contribution is -2.24. The molecule has 0 fully saturated rings. The van der Waals surface area contributed by atoms with E-state index in [1.54, 1.807) is 33.1 Å². The van der Waals surface area contributed by atoms with Crippen LogP contribution in [0.25, 0.3) is 0 Å². The minimum absolute atomic E-state index is 0.313. The third kappa shape index (κ3) is 2.36. The lowest BCUT2D eigenvalue weighted by Gasteiger charge is -2.12. The quantitative estimate of drug-likeness (QED) is 0.874. The SMILES string of the molecule is CCNS(=O)(=O)c1ccc(OC)c(C)c1C. The van der Waals surface area contributed by atoms with Crippen LogP contribution >= 0.6 is 0 Å². The second-order valence-corrected chi connectivity index (χ2v) is 5.25. The lowest BCUT2D eigenvalue weighted by atomic mass is 10.1. The van der Waals surface area contributed by atoms with Crippen molar-refractivity contribution in [1.82, 2.24) is 4.72 Å². The molecule has 0 bridgehead atoms. The van der Waals surface area contributed by atoms with Crippen LogP contribution in [0.1, 0.15) is 18.1 Å². The molecule has 0 heterocycles. The van der Waals surface area contributed by atoms with Crippen LogP contribution in [0.2, 0.25) is 0 Å². The molecule has 0 saturated heterocycles. The minimum Gasteiger partial charge on any atom is -0.496 e. The molecule has 0 unspecified atom stereocenters. The van der Waals surface area contributed by atoms with E-state index in [2.05, 4.69) is 4.72 Å². The summed E-state index contributed by atoms with van der Waals surface area (Å²) < 4.78 is 31.3. The van der Waals surface area contributed by atoms with Gasteiger partial charge in [-0.15, -0.1) is 0 Å². The standard InChI is InChI=1S/C11H17NO3S/c1-5-12-16(13,14)11-7-6-10(15-4)8(2)9(11)3/h6-7,12H,5H2,1-4H3. The maximum Gasteiger partial charge on any atom is 0.240 e. The molecule has 0 atom stereocenters. The number of methoxy groups -OCH3 is 1. The summed E-state index contributed by atoms with van der Waals surface area (Å²) in [6.45, 7) is 5.76. The van der Waals surface area contributed by atoms with Crippen molar-refractivity contribution in [3.8, 4) is 5.75 Å². The van der Waals surface area contributed by atoms with Gasteiger partial charge in [0.2, 0.25) is 10.0 Å². The van der Waals surface area contributed by atoms with Gasteiger partial charge in [-0.05, 0) is 37.1 Å². The molecule has 0 radical (unpaired) electrons. The summed E-state index contributed by atoms with van der Waals surface area (Å²) in [6, 6.07) is 3.24. The highest BCUT2D eigenvalue weighted by Gasteiger charge is 2.18. The summed E-state index contributed by atoms with van der Waals surface area (Å²) in [4.78, 5) is 0.313. The molecule has 0 aliphatic carbocycles. The Morgan fingerprint density at radius 3 is 2.38 bits per heavy atom. The van der Waals surface area contributed by atoms with E-state index < -0.39 is 10.0 Å². The van der Waals surface area contributed by atoms with Crippen LogP contribution in [0, 0.1) is 13.8 Å². The highest BCUT2D eigenvalue weighted by Crippen LogP contribution is 2.26. The fourth-order valence-electron chi connectivity index (χ4n) is 1.55. The average molecular weight is 243 g/mol. The molecular weight excluding hydrogens is 226 g/mol. The number of hydrogen-bond donors (Lipinski definition) is 1. The van der Waals surface area contributed by atoms with E-state index in [4.69, 9.17) is 4.74 Å². The number of nitrogens with one attached hydrogen (secondary N) is 1. The molecule has 0 aliphatic rings. The van der Waals surface area contributed by atoms with Gasteiger partial charge in [-0.25, -0.2) is 13.1 Å². The van der Waals surface area contributed by atoms with Crippen LogP contribution < -0.4 is 9.46 Å². The van der Waals surface area contributed by atoms with Crippen LogP contribution in [0.15, 0.2) is 17.0 Å². The number of hydrogen-bond acceptors (Lipinski definition) is 3. The predicted octanol–water partition coefficient (Wildman–Crippen LogP) is 1.61. The van der Waals surface area contributed by atoms with E-state index in [1.165, 1.54) is 0 Å². The molecule has 1 aromatic carbocycles. The van der Waals surface area contributed by atoms with Crippen molar-refractivity contribution in [3.05, 3.63) is 23.3 Å². The van der Waals surface area contributed by atoms with Gasteiger partial charge in [0.15, 0.2) is 0 Å². The van der Waals surface area contributed by atoms with Crippen molar-refractivity contribution in [2.75, 3.05) is 13.7 Å². The summed E-state index contributed by atoms with van der Waals surface area (Å²) in [7, 11) is -1.82. The van der Waals surface area contributed by atoms with E-state index in [-0.39, 0.29) is 0 Å². The zero-order valence-corrected chi connectivity index (χ0v) is 10.8. The van der Waals surface area contributed by atoms with Gasteiger partial charge in [-0.2, -0.15) is 0 Å². The smallest absolute Gasteiger partial charge is 0.240 e. The largest absolute Gasteiger partial charge is 0.496 e. The van der Waals surface area contributed by atoms with Gasteiger partial charge in [-0.1, -0.05) is 6.92 Å². The molecule has 4 nitrogen and oxygen atoms in total. The molecule has 5 heteroatoms. The molecule has 1 rings (SSSR count). The molecule has 0 saturated carbocycles. The number of benzene rings is 1. The highest BCUT2D eigenvalue weighted by atomic mass is 32.2. The highest BCUT2D eigenvalue weighted by molar-refractivity contribution is 7.89. The zero-order chi connectivity index (χ0) is 12.3. The Morgan fingerprint density at radius 2 is 1.88 bits per heavy atom. The molecule has 0 aliphatic heterocycles. The summed E-state index contributed by atoms with van der Waals surface area (Å²) in [5, 5.41) is 0. The Balaban J connectivity index is 3.33. The van der Waals surface area contributed by atoms with Crippen LogP contribution in [0.5, 0.6) is 5.75 Å². The molecule has 1 N–H and O–H groups in total. The maximum atomic E-state index is 11.9. The zero-order valence-electron chi connectivity index (χ0n) is 9.99. The summed E-state index contributed by atoms with van der Waals surface area (Å²) in [5.74, 6) is 0.702.